The highest BCUT2D eigenvalue weighted by Crippen LogP contribution is 2.24. The van der Waals surface area contributed by atoms with E-state index in [9.17, 15) is 4.79 Å². The average molecular weight is 328 g/mol. The highest BCUT2D eigenvalue weighted by molar-refractivity contribution is 9.10. The van der Waals surface area contributed by atoms with Crippen molar-refractivity contribution in [3.63, 3.8) is 0 Å². The van der Waals surface area contributed by atoms with Crippen molar-refractivity contribution in [1.29, 1.82) is 0 Å². The molecule has 1 amide bonds. The molecule has 0 aliphatic rings. The molecule has 3 nitrogen and oxygen atoms in total. The summed E-state index contributed by atoms with van der Waals surface area (Å²) in [6.45, 7) is 3.98. The van der Waals surface area contributed by atoms with Crippen LogP contribution in [0.4, 0.5) is 5.69 Å². The van der Waals surface area contributed by atoms with E-state index in [2.05, 4.69) is 26.2 Å². The van der Waals surface area contributed by atoms with E-state index in [1.807, 2.05) is 32.0 Å². The van der Waals surface area contributed by atoms with Gasteiger partial charge in [0.1, 0.15) is 10.3 Å². The van der Waals surface area contributed by atoms with Gasteiger partial charge < -0.3 is 10.3 Å². The van der Waals surface area contributed by atoms with E-state index in [1.165, 1.54) is 0 Å². The van der Waals surface area contributed by atoms with Crippen molar-refractivity contribution in [3.8, 4) is 0 Å². The first-order valence-corrected chi connectivity index (χ1v) is 6.57. The Morgan fingerprint density at radius 1 is 1.39 bits per heavy atom. The summed E-state index contributed by atoms with van der Waals surface area (Å²) in [6, 6.07) is 7.38. The first kappa shape index (κ1) is 13.2. The molecule has 1 aromatic carbocycles. The molecule has 0 fully saturated rings. The van der Waals surface area contributed by atoms with Gasteiger partial charge >= 0.3 is 0 Å². The number of H-pyrrole nitrogens is 1. The lowest BCUT2D eigenvalue weighted by Gasteiger charge is -2.09. The van der Waals surface area contributed by atoms with Crippen molar-refractivity contribution >= 4 is 39.1 Å². The molecule has 1 heterocycles. The maximum absolute atomic E-state index is 12.0. The van der Waals surface area contributed by atoms with Crippen LogP contribution in [0.2, 0.25) is 5.02 Å². The van der Waals surface area contributed by atoms with Crippen molar-refractivity contribution < 1.29 is 4.79 Å². The number of rotatable bonds is 2. The SMILES string of the molecule is Cc1cccc(NC(=O)c2cc(Cl)c(Br)[nH]2)c1C. The number of halogens is 2. The van der Waals surface area contributed by atoms with Crippen LogP contribution < -0.4 is 5.32 Å². The van der Waals surface area contributed by atoms with Gasteiger partial charge in [-0.2, -0.15) is 0 Å². The van der Waals surface area contributed by atoms with Crippen LogP contribution in [-0.2, 0) is 0 Å². The molecule has 1 aromatic heterocycles. The molecule has 0 bridgehead atoms. The number of anilines is 1. The molecule has 0 aliphatic carbocycles. The number of carbonyl (C=O) groups excluding carboxylic acids is 1. The quantitative estimate of drug-likeness (QED) is 0.848. The van der Waals surface area contributed by atoms with Crippen LogP contribution in [0.25, 0.3) is 0 Å². The van der Waals surface area contributed by atoms with Crippen LogP contribution in [0.1, 0.15) is 21.6 Å². The number of benzene rings is 1. The van der Waals surface area contributed by atoms with Gasteiger partial charge in [0.2, 0.25) is 0 Å². The fourth-order valence-corrected chi connectivity index (χ4v) is 2.09. The predicted molar refractivity (Wildman–Crippen MR) is 77.4 cm³/mol. The zero-order valence-electron chi connectivity index (χ0n) is 9.97. The van der Waals surface area contributed by atoms with Crippen molar-refractivity contribution in [2.75, 3.05) is 5.32 Å². The molecule has 0 unspecified atom stereocenters. The first-order chi connectivity index (χ1) is 8.49. The molecule has 2 N–H and O–H groups in total. The molecule has 0 spiro atoms. The normalized spacial score (nSPS) is 10.4. The molecule has 0 saturated carbocycles. The molecule has 0 aliphatic heterocycles. The van der Waals surface area contributed by atoms with Gasteiger partial charge in [-0.25, -0.2) is 0 Å². The van der Waals surface area contributed by atoms with E-state index in [0.717, 1.165) is 16.8 Å². The lowest BCUT2D eigenvalue weighted by Crippen LogP contribution is -2.13. The average Bonchev–Trinajstić information content (AvgIpc) is 2.66. The molecule has 0 saturated heterocycles. The second-order valence-corrected chi connectivity index (χ2v) is 5.25. The number of amides is 1. The summed E-state index contributed by atoms with van der Waals surface area (Å²) in [4.78, 5) is 14.9. The minimum absolute atomic E-state index is 0.212. The van der Waals surface area contributed by atoms with Gasteiger partial charge in [-0.1, -0.05) is 23.7 Å². The molecule has 2 rings (SSSR count). The summed E-state index contributed by atoms with van der Waals surface area (Å²) in [6.07, 6.45) is 0. The van der Waals surface area contributed by atoms with Crippen LogP contribution in [0.3, 0.4) is 0 Å². The van der Waals surface area contributed by atoms with E-state index in [0.29, 0.717) is 15.3 Å². The second kappa shape index (κ2) is 5.16. The van der Waals surface area contributed by atoms with Crippen molar-refractivity contribution in [2.45, 2.75) is 13.8 Å². The lowest BCUT2D eigenvalue weighted by molar-refractivity contribution is 0.102. The van der Waals surface area contributed by atoms with Gasteiger partial charge in [0, 0.05) is 5.69 Å². The third-order valence-electron chi connectivity index (χ3n) is 2.82. The van der Waals surface area contributed by atoms with Gasteiger partial charge in [-0.3, -0.25) is 4.79 Å². The van der Waals surface area contributed by atoms with E-state index in [4.69, 9.17) is 11.6 Å². The van der Waals surface area contributed by atoms with Crippen molar-refractivity contribution in [3.05, 3.63) is 50.7 Å². The summed E-state index contributed by atoms with van der Waals surface area (Å²) in [5, 5.41) is 3.35. The first-order valence-electron chi connectivity index (χ1n) is 5.40. The van der Waals surface area contributed by atoms with E-state index in [1.54, 1.807) is 6.07 Å². The molecule has 5 heteroatoms. The Kier molecular flexibility index (Phi) is 3.78. The minimum Gasteiger partial charge on any atom is -0.344 e. The highest BCUT2D eigenvalue weighted by atomic mass is 79.9. The van der Waals surface area contributed by atoms with Gasteiger partial charge in [-0.05, 0) is 53.0 Å². The van der Waals surface area contributed by atoms with E-state index < -0.39 is 0 Å². The fraction of sp³-hybridized carbons (Fsp3) is 0.154. The Morgan fingerprint density at radius 2 is 2.11 bits per heavy atom. The number of aromatic amines is 1. The maximum Gasteiger partial charge on any atom is 0.272 e. The van der Waals surface area contributed by atoms with Crippen molar-refractivity contribution in [2.24, 2.45) is 0 Å². The van der Waals surface area contributed by atoms with Gasteiger partial charge in [0.25, 0.3) is 5.91 Å². The smallest absolute Gasteiger partial charge is 0.272 e. The monoisotopic (exact) mass is 326 g/mol. The minimum atomic E-state index is -0.212. The van der Waals surface area contributed by atoms with Crippen molar-refractivity contribution in [1.82, 2.24) is 4.98 Å². The van der Waals surface area contributed by atoms with E-state index in [-0.39, 0.29) is 5.91 Å². The van der Waals surface area contributed by atoms with Crippen LogP contribution in [-0.4, -0.2) is 10.9 Å². The largest absolute Gasteiger partial charge is 0.344 e. The van der Waals surface area contributed by atoms with Gasteiger partial charge in [-0.15, -0.1) is 0 Å². The topological polar surface area (TPSA) is 44.9 Å². The number of aryl methyl sites for hydroxylation is 1. The molecular weight excluding hydrogens is 316 g/mol. The van der Waals surface area contributed by atoms with Crippen LogP contribution in [0.15, 0.2) is 28.9 Å². The standard InChI is InChI=1S/C13H12BrClN2O/c1-7-4-3-5-10(8(7)2)17-13(18)11-6-9(15)12(14)16-11/h3-6,16H,1-2H3,(H,17,18). The van der Waals surface area contributed by atoms with Crippen LogP contribution >= 0.6 is 27.5 Å². The molecule has 0 radical (unpaired) electrons. The number of carbonyl (C=O) groups is 1. The summed E-state index contributed by atoms with van der Waals surface area (Å²) < 4.78 is 0.607. The summed E-state index contributed by atoms with van der Waals surface area (Å²) in [5.74, 6) is -0.212. The van der Waals surface area contributed by atoms with Gasteiger partial charge in [0.15, 0.2) is 0 Å². The summed E-state index contributed by atoms with van der Waals surface area (Å²) in [5.41, 5.74) is 3.43. The third-order valence-corrected chi connectivity index (χ3v) is 3.97. The lowest BCUT2D eigenvalue weighted by atomic mass is 10.1. The molecule has 2 aromatic rings. The number of hydrogen-bond acceptors (Lipinski definition) is 1. The van der Waals surface area contributed by atoms with Crippen LogP contribution in [0.5, 0.6) is 0 Å². The Morgan fingerprint density at radius 3 is 2.72 bits per heavy atom. The number of hydrogen-bond donors (Lipinski definition) is 2. The maximum atomic E-state index is 12.0. The molecule has 94 valence electrons. The molecular formula is C13H12BrClN2O. The Labute approximate surface area is 119 Å². The van der Waals surface area contributed by atoms with Gasteiger partial charge in [0.05, 0.1) is 5.02 Å². The summed E-state index contributed by atoms with van der Waals surface area (Å²) >= 11 is 9.10. The number of aromatic nitrogens is 1. The Balaban J connectivity index is 2.24. The van der Waals surface area contributed by atoms with E-state index >= 15 is 0 Å². The molecule has 0 atom stereocenters. The fourth-order valence-electron chi connectivity index (χ4n) is 1.60. The zero-order chi connectivity index (χ0) is 13.3. The highest BCUT2D eigenvalue weighted by Gasteiger charge is 2.12. The Bertz CT molecular complexity index is 588. The zero-order valence-corrected chi connectivity index (χ0v) is 12.3. The molecule has 18 heavy (non-hydrogen) atoms. The van der Waals surface area contributed by atoms with Crippen LogP contribution in [0, 0.1) is 13.8 Å². The second-order valence-electron chi connectivity index (χ2n) is 4.05. The third kappa shape index (κ3) is 2.60. The predicted octanol–water partition coefficient (Wildman–Crippen LogP) is 4.30. The Hall–Kier alpha value is -1.26. The summed E-state index contributed by atoms with van der Waals surface area (Å²) in [7, 11) is 0. The number of nitrogens with one attached hydrogen (secondary N) is 2.